The number of nitrogens with one attached hydrogen (secondary N) is 1. The Morgan fingerprint density at radius 3 is 2.72 bits per heavy atom. The molecule has 0 radical (unpaired) electrons. The van der Waals surface area contributed by atoms with E-state index in [-0.39, 0.29) is 0 Å². The third kappa shape index (κ3) is 4.03. The molecule has 1 N–H and O–H groups in total. The summed E-state index contributed by atoms with van der Waals surface area (Å²) in [5, 5.41) is 3.33. The fourth-order valence-electron chi connectivity index (χ4n) is 1.82. The fourth-order valence-corrected chi connectivity index (χ4v) is 1.82. The van der Waals surface area contributed by atoms with Gasteiger partial charge in [-0.15, -0.1) is 0 Å². The van der Waals surface area contributed by atoms with Gasteiger partial charge >= 0.3 is 0 Å². The monoisotopic (exact) mass is 255 g/mol. The predicted molar refractivity (Wildman–Crippen MR) is 66.6 cm³/mol. The molecule has 0 aliphatic heterocycles. The highest BCUT2D eigenvalue weighted by molar-refractivity contribution is 5.25. The van der Waals surface area contributed by atoms with Crippen molar-refractivity contribution in [3.63, 3.8) is 0 Å². The summed E-state index contributed by atoms with van der Waals surface area (Å²) < 4.78 is 31.9. The van der Waals surface area contributed by atoms with E-state index >= 15 is 0 Å². The summed E-state index contributed by atoms with van der Waals surface area (Å²) in [5.41, 5.74) is 0.992. The molecular weight excluding hydrogens is 236 g/mol. The van der Waals surface area contributed by atoms with E-state index in [2.05, 4.69) is 5.32 Å². The van der Waals surface area contributed by atoms with Crippen molar-refractivity contribution in [3.8, 4) is 0 Å². The van der Waals surface area contributed by atoms with Crippen LogP contribution in [0.1, 0.15) is 24.0 Å². The smallest absolute Gasteiger partial charge is 0.129 e. The van der Waals surface area contributed by atoms with Crippen LogP contribution in [0.4, 0.5) is 8.78 Å². The normalized spacial score (nSPS) is 15.1. The molecule has 0 atom stereocenters. The van der Waals surface area contributed by atoms with Crippen LogP contribution >= 0.6 is 0 Å². The third-order valence-corrected chi connectivity index (χ3v) is 3.10. The minimum absolute atomic E-state index is 0.467. The molecule has 0 unspecified atom stereocenters. The third-order valence-electron chi connectivity index (χ3n) is 3.10. The first-order valence-electron chi connectivity index (χ1n) is 6.42. The Bertz CT molecular complexity index is 405. The molecule has 100 valence electrons. The first-order valence-corrected chi connectivity index (χ1v) is 6.42. The van der Waals surface area contributed by atoms with Crippen molar-refractivity contribution in [3.05, 3.63) is 34.9 Å². The number of benzene rings is 1. The summed E-state index contributed by atoms with van der Waals surface area (Å²) >= 11 is 0. The molecule has 18 heavy (non-hydrogen) atoms. The van der Waals surface area contributed by atoms with Gasteiger partial charge in [-0.1, -0.05) is 6.07 Å². The van der Waals surface area contributed by atoms with Gasteiger partial charge in [-0.2, -0.15) is 0 Å². The lowest BCUT2D eigenvalue weighted by Gasteiger charge is -2.07. The van der Waals surface area contributed by atoms with Crippen LogP contribution in [-0.4, -0.2) is 25.8 Å². The number of hydrogen-bond donors (Lipinski definition) is 1. The van der Waals surface area contributed by atoms with Crippen molar-refractivity contribution in [1.82, 2.24) is 5.32 Å². The fraction of sp³-hybridized carbons (Fsp3) is 0.571. The summed E-state index contributed by atoms with van der Waals surface area (Å²) in [7, 11) is 0. The van der Waals surface area contributed by atoms with E-state index in [9.17, 15) is 8.78 Å². The van der Waals surface area contributed by atoms with Gasteiger partial charge in [-0.25, -0.2) is 8.78 Å². The van der Waals surface area contributed by atoms with Gasteiger partial charge < -0.3 is 10.1 Å². The molecule has 2 rings (SSSR count). The summed E-state index contributed by atoms with van der Waals surface area (Å²) in [6.45, 7) is 3.58. The van der Waals surface area contributed by atoms with Gasteiger partial charge in [0.2, 0.25) is 0 Å². The predicted octanol–water partition coefficient (Wildman–Crippen LogP) is 2.58. The molecule has 2 nitrogen and oxygen atoms in total. The standard InChI is InChI=1S/C14H19F2NO/c1-10-8-11(14(16)9-13(10)15)4-6-18-7-5-17-12-2-3-12/h8-9,12,17H,2-7H2,1H3. The van der Waals surface area contributed by atoms with Crippen molar-refractivity contribution in [2.75, 3.05) is 19.8 Å². The summed E-state index contributed by atoms with van der Waals surface area (Å²) in [5.74, 6) is -0.983. The first kappa shape index (κ1) is 13.4. The summed E-state index contributed by atoms with van der Waals surface area (Å²) in [6, 6.07) is 3.18. The lowest BCUT2D eigenvalue weighted by Crippen LogP contribution is -2.22. The number of hydrogen-bond acceptors (Lipinski definition) is 2. The van der Waals surface area contributed by atoms with Crippen molar-refractivity contribution in [1.29, 1.82) is 0 Å². The van der Waals surface area contributed by atoms with Gasteiger partial charge in [0, 0.05) is 18.7 Å². The summed E-state index contributed by atoms with van der Waals surface area (Å²) in [4.78, 5) is 0. The second-order valence-electron chi connectivity index (χ2n) is 4.78. The Hall–Kier alpha value is -1.00. The van der Waals surface area contributed by atoms with Crippen molar-refractivity contribution < 1.29 is 13.5 Å². The lowest BCUT2D eigenvalue weighted by atomic mass is 10.1. The van der Waals surface area contributed by atoms with Crippen LogP contribution in [0, 0.1) is 18.6 Å². The highest BCUT2D eigenvalue weighted by atomic mass is 19.1. The van der Waals surface area contributed by atoms with E-state index in [4.69, 9.17) is 4.74 Å². The Morgan fingerprint density at radius 1 is 1.22 bits per heavy atom. The van der Waals surface area contributed by atoms with E-state index in [1.165, 1.54) is 12.8 Å². The van der Waals surface area contributed by atoms with E-state index in [1.54, 1.807) is 13.0 Å². The molecule has 1 aliphatic carbocycles. The Kier molecular flexibility index (Phi) is 4.66. The van der Waals surface area contributed by atoms with Gasteiger partial charge in [-0.05, 0) is 37.3 Å². The minimum atomic E-state index is -0.495. The molecule has 0 amide bonds. The minimum Gasteiger partial charge on any atom is -0.380 e. The van der Waals surface area contributed by atoms with Crippen molar-refractivity contribution in [2.45, 2.75) is 32.2 Å². The Labute approximate surface area is 106 Å². The molecule has 0 spiro atoms. The topological polar surface area (TPSA) is 21.3 Å². The summed E-state index contributed by atoms with van der Waals surface area (Å²) in [6.07, 6.45) is 3.01. The average molecular weight is 255 g/mol. The average Bonchev–Trinajstić information content (AvgIpc) is 3.13. The van der Waals surface area contributed by atoms with Crippen LogP contribution < -0.4 is 5.32 Å². The molecule has 1 aliphatic rings. The van der Waals surface area contributed by atoms with Crippen LogP contribution in [0.5, 0.6) is 0 Å². The second kappa shape index (κ2) is 6.25. The van der Waals surface area contributed by atoms with Gasteiger partial charge in [0.05, 0.1) is 13.2 Å². The molecule has 0 saturated heterocycles. The molecule has 1 aromatic rings. The molecule has 4 heteroatoms. The molecule has 0 aromatic heterocycles. The van der Waals surface area contributed by atoms with Gasteiger partial charge in [0.1, 0.15) is 11.6 Å². The number of rotatable bonds is 7. The highest BCUT2D eigenvalue weighted by Gasteiger charge is 2.19. The molecular formula is C14H19F2NO. The molecule has 1 fully saturated rings. The maximum Gasteiger partial charge on any atom is 0.129 e. The van der Waals surface area contributed by atoms with Crippen LogP contribution in [-0.2, 0) is 11.2 Å². The quantitative estimate of drug-likeness (QED) is 0.756. The van der Waals surface area contributed by atoms with Crippen molar-refractivity contribution >= 4 is 0 Å². The number of ether oxygens (including phenoxy) is 1. The van der Waals surface area contributed by atoms with Gasteiger partial charge in [-0.3, -0.25) is 0 Å². The van der Waals surface area contributed by atoms with Crippen LogP contribution in [0.3, 0.4) is 0 Å². The number of halogens is 2. The number of aryl methyl sites for hydroxylation is 1. The second-order valence-corrected chi connectivity index (χ2v) is 4.78. The van der Waals surface area contributed by atoms with Gasteiger partial charge in [0.25, 0.3) is 0 Å². The van der Waals surface area contributed by atoms with Gasteiger partial charge in [0.15, 0.2) is 0 Å². The molecule has 0 bridgehead atoms. The van der Waals surface area contributed by atoms with E-state index in [0.717, 1.165) is 12.6 Å². The highest BCUT2D eigenvalue weighted by Crippen LogP contribution is 2.18. The maximum atomic E-state index is 13.4. The molecule has 1 saturated carbocycles. The zero-order valence-electron chi connectivity index (χ0n) is 10.6. The van der Waals surface area contributed by atoms with Crippen LogP contribution in [0.25, 0.3) is 0 Å². The largest absolute Gasteiger partial charge is 0.380 e. The zero-order valence-corrected chi connectivity index (χ0v) is 10.6. The van der Waals surface area contributed by atoms with Crippen LogP contribution in [0.2, 0.25) is 0 Å². The Morgan fingerprint density at radius 2 is 2.00 bits per heavy atom. The first-order chi connectivity index (χ1) is 8.66. The van der Waals surface area contributed by atoms with E-state index < -0.39 is 11.6 Å². The lowest BCUT2D eigenvalue weighted by molar-refractivity contribution is 0.138. The van der Waals surface area contributed by atoms with Crippen molar-refractivity contribution in [2.24, 2.45) is 0 Å². The SMILES string of the molecule is Cc1cc(CCOCCNC2CC2)c(F)cc1F. The van der Waals surface area contributed by atoms with E-state index in [0.29, 0.717) is 36.8 Å². The van der Waals surface area contributed by atoms with E-state index in [1.807, 2.05) is 0 Å². The molecule has 1 aromatic carbocycles. The van der Waals surface area contributed by atoms with Crippen LogP contribution in [0.15, 0.2) is 12.1 Å². The Balaban J connectivity index is 1.67. The zero-order chi connectivity index (χ0) is 13.0. The molecule has 0 heterocycles. The maximum absolute atomic E-state index is 13.4.